The number of nitro groups is 1. The number of nitrogens with one attached hydrogen (secondary N) is 1. The molecule has 3 rings (SSSR count). The van der Waals surface area contributed by atoms with Crippen LogP contribution in [-0.4, -0.2) is 71.9 Å². The van der Waals surface area contributed by atoms with Gasteiger partial charge in [0.05, 0.1) is 4.92 Å². The van der Waals surface area contributed by atoms with E-state index in [1.807, 2.05) is 0 Å². The van der Waals surface area contributed by atoms with Crippen molar-refractivity contribution in [2.75, 3.05) is 45.2 Å². The van der Waals surface area contributed by atoms with Crippen LogP contribution >= 0.6 is 12.2 Å². The Kier molecular flexibility index (Phi) is 5.19. The highest BCUT2D eigenvalue weighted by molar-refractivity contribution is 7.80. The van der Waals surface area contributed by atoms with Gasteiger partial charge < -0.3 is 10.2 Å². The SMILES string of the molecule is CN1C(=O)C(=Cc2cc([N+](=O)[O-])ccc2N2CCNCC2)C(=O)N(C)C1=S. The summed E-state index contributed by atoms with van der Waals surface area (Å²) in [4.78, 5) is 40.3. The molecule has 0 radical (unpaired) electrons. The van der Waals surface area contributed by atoms with Crippen LogP contribution in [0.1, 0.15) is 5.56 Å². The number of likely N-dealkylation sites (N-methyl/N-ethyl adjacent to an activating group) is 2. The molecule has 2 saturated heterocycles. The first-order chi connectivity index (χ1) is 12.8. The Morgan fingerprint density at radius 2 is 1.74 bits per heavy atom. The lowest BCUT2D eigenvalue weighted by Gasteiger charge is -2.33. The number of thiocarbonyl (C=S) groups is 1. The molecule has 142 valence electrons. The minimum atomic E-state index is -0.527. The first kappa shape index (κ1) is 18.9. The highest BCUT2D eigenvalue weighted by Gasteiger charge is 2.35. The molecule has 2 heterocycles. The highest BCUT2D eigenvalue weighted by Crippen LogP contribution is 2.29. The number of non-ortho nitro benzene ring substituents is 1. The van der Waals surface area contributed by atoms with Crippen molar-refractivity contribution in [2.45, 2.75) is 0 Å². The molecule has 0 bridgehead atoms. The van der Waals surface area contributed by atoms with Crippen molar-refractivity contribution in [1.29, 1.82) is 0 Å². The number of carbonyl (C=O) groups excluding carboxylic acids is 2. The monoisotopic (exact) mass is 389 g/mol. The smallest absolute Gasteiger partial charge is 0.270 e. The number of benzene rings is 1. The Bertz CT molecular complexity index is 837. The molecular formula is C17H19N5O4S. The lowest BCUT2D eigenvalue weighted by Crippen LogP contribution is -2.52. The van der Waals surface area contributed by atoms with Crippen molar-refractivity contribution in [3.05, 3.63) is 39.4 Å². The number of hydrogen-bond acceptors (Lipinski definition) is 7. The van der Waals surface area contributed by atoms with Crippen molar-refractivity contribution in [3.63, 3.8) is 0 Å². The fraction of sp³-hybridized carbons (Fsp3) is 0.353. The molecule has 0 atom stereocenters. The zero-order valence-electron chi connectivity index (χ0n) is 15.0. The van der Waals surface area contributed by atoms with Gasteiger partial charge in [0, 0.05) is 63.7 Å². The van der Waals surface area contributed by atoms with E-state index in [9.17, 15) is 19.7 Å². The lowest BCUT2D eigenvalue weighted by atomic mass is 10.0. The van der Waals surface area contributed by atoms with Gasteiger partial charge in [0.1, 0.15) is 5.57 Å². The van der Waals surface area contributed by atoms with Gasteiger partial charge in [-0.2, -0.15) is 0 Å². The van der Waals surface area contributed by atoms with Crippen LogP contribution in [0.2, 0.25) is 0 Å². The number of piperazine rings is 1. The number of rotatable bonds is 3. The summed E-state index contributed by atoms with van der Waals surface area (Å²) in [5.41, 5.74) is 1.02. The van der Waals surface area contributed by atoms with Crippen molar-refractivity contribution in [2.24, 2.45) is 0 Å². The molecular weight excluding hydrogens is 370 g/mol. The fourth-order valence-electron chi connectivity index (χ4n) is 3.10. The molecule has 2 amide bonds. The number of nitrogens with zero attached hydrogens (tertiary/aromatic N) is 4. The molecule has 10 heteroatoms. The molecule has 9 nitrogen and oxygen atoms in total. The minimum Gasteiger partial charge on any atom is -0.368 e. The van der Waals surface area contributed by atoms with E-state index in [1.54, 1.807) is 6.07 Å². The summed E-state index contributed by atoms with van der Waals surface area (Å²) in [6.45, 7) is 3.01. The van der Waals surface area contributed by atoms with Gasteiger partial charge in [0.2, 0.25) is 0 Å². The Morgan fingerprint density at radius 1 is 1.15 bits per heavy atom. The Balaban J connectivity index is 2.10. The van der Waals surface area contributed by atoms with E-state index in [1.165, 1.54) is 42.1 Å². The third-order valence-corrected chi connectivity index (χ3v) is 5.17. The highest BCUT2D eigenvalue weighted by atomic mass is 32.1. The van der Waals surface area contributed by atoms with Crippen LogP contribution in [0.15, 0.2) is 23.8 Å². The second kappa shape index (κ2) is 7.41. The summed E-state index contributed by atoms with van der Waals surface area (Å²) in [5, 5.41) is 14.6. The molecule has 1 aromatic rings. The molecule has 2 aliphatic rings. The third-order valence-electron chi connectivity index (χ3n) is 4.62. The molecule has 1 N–H and O–H groups in total. The van der Waals surface area contributed by atoms with Crippen molar-refractivity contribution in [1.82, 2.24) is 15.1 Å². The largest absolute Gasteiger partial charge is 0.368 e. The number of anilines is 1. The molecule has 2 aliphatic heterocycles. The quantitative estimate of drug-likeness (QED) is 0.266. The van der Waals surface area contributed by atoms with Crippen LogP contribution in [0.4, 0.5) is 11.4 Å². The lowest BCUT2D eigenvalue weighted by molar-refractivity contribution is -0.384. The van der Waals surface area contributed by atoms with Gasteiger partial charge >= 0.3 is 0 Å². The second-order valence-electron chi connectivity index (χ2n) is 6.31. The molecule has 27 heavy (non-hydrogen) atoms. The number of hydrogen-bond donors (Lipinski definition) is 1. The second-order valence-corrected chi connectivity index (χ2v) is 6.67. The molecule has 0 aliphatic carbocycles. The summed E-state index contributed by atoms with van der Waals surface area (Å²) in [6, 6.07) is 4.47. The minimum absolute atomic E-state index is 0.0783. The van der Waals surface area contributed by atoms with Gasteiger partial charge in [0.15, 0.2) is 5.11 Å². The molecule has 2 fully saturated rings. The van der Waals surface area contributed by atoms with E-state index in [2.05, 4.69) is 10.2 Å². The van der Waals surface area contributed by atoms with Crippen LogP contribution in [0, 0.1) is 10.1 Å². The predicted octanol–water partition coefficient (Wildman–Crippen LogP) is 0.603. The average molecular weight is 389 g/mol. The molecule has 0 saturated carbocycles. The number of carbonyl (C=O) groups is 2. The van der Waals surface area contributed by atoms with Crippen LogP contribution in [0.3, 0.4) is 0 Å². The number of nitro benzene ring substituents is 1. The predicted molar refractivity (Wildman–Crippen MR) is 104 cm³/mol. The first-order valence-electron chi connectivity index (χ1n) is 8.37. The summed E-state index contributed by atoms with van der Waals surface area (Å²) in [6.07, 6.45) is 1.42. The maximum atomic E-state index is 12.6. The van der Waals surface area contributed by atoms with Gasteiger partial charge in [0.25, 0.3) is 17.5 Å². The van der Waals surface area contributed by atoms with Crippen LogP contribution in [-0.2, 0) is 9.59 Å². The van der Waals surface area contributed by atoms with Crippen LogP contribution < -0.4 is 10.2 Å². The van der Waals surface area contributed by atoms with Gasteiger partial charge in [-0.05, 0) is 24.4 Å². The maximum absolute atomic E-state index is 12.6. The van der Waals surface area contributed by atoms with Crippen LogP contribution in [0.5, 0.6) is 0 Å². The maximum Gasteiger partial charge on any atom is 0.270 e. The summed E-state index contributed by atoms with van der Waals surface area (Å²) >= 11 is 5.08. The van der Waals surface area contributed by atoms with Gasteiger partial charge in [-0.3, -0.25) is 29.5 Å². The Hall–Kier alpha value is -2.85. The first-order valence-corrected chi connectivity index (χ1v) is 8.78. The van der Waals surface area contributed by atoms with Gasteiger partial charge in [-0.15, -0.1) is 0 Å². The van der Waals surface area contributed by atoms with Gasteiger partial charge in [-0.25, -0.2) is 0 Å². The third kappa shape index (κ3) is 3.53. The van der Waals surface area contributed by atoms with E-state index < -0.39 is 16.7 Å². The topological polar surface area (TPSA) is 99.0 Å². The Labute approximate surface area is 161 Å². The Morgan fingerprint density at radius 3 is 2.30 bits per heavy atom. The van der Waals surface area contributed by atoms with Gasteiger partial charge in [-0.1, -0.05) is 0 Å². The molecule has 0 spiro atoms. The molecule has 0 aromatic heterocycles. The summed E-state index contributed by atoms with van der Waals surface area (Å²) in [7, 11) is 2.98. The fourth-order valence-corrected chi connectivity index (χ4v) is 3.26. The van der Waals surface area contributed by atoms with Crippen molar-refractivity contribution in [3.8, 4) is 0 Å². The van der Waals surface area contributed by atoms with E-state index in [0.717, 1.165) is 31.9 Å². The van der Waals surface area contributed by atoms with E-state index in [-0.39, 0.29) is 16.4 Å². The van der Waals surface area contributed by atoms with Crippen LogP contribution in [0.25, 0.3) is 6.08 Å². The summed E-state index contributed by atoms with van der Waals surface area (Å²) in [5.74, 6) is -1.05. The van der Waals surface area contributed by atoms with E-state index in [4.69, 9.17) is 12.2 Å². The molecule has 0 unspecified atom stereocenters. The summed E-state index contributed by atoms with van der Waals surface area (Å²) < 4.78 is 0. The zero-order valence-corrected chi connectivity index (χ0v) is 15.8. The van der Waals surface area contributed by atoms with E-state index >= 15 is 0 Å². The average Bonchev–Trinajstić information content (AvgIpc) is 2.68. The zero-order chi connectivity index (χ0) is 19.7. The normalized spacial score (nSPS) is 18.2. The molecule has 1 aromatic carbocycles. The van der Waals surface area contributed by atoms with E-state index in [0.29, 0.717) is 5.56 Å². The van der Waals surface area contributed by atoms with Crippen molar-refractivity contribution >= 4 is 46.6 Å². The van der Waals surface area contributed by atoms with Crippen molar-refractivity contribution < 1.29 is 14.5 Å². The number of amides is 2. The standard InChI is InChI=1S/C17H19N5O4S/c1-19-15(23)13(16(24)20(2)17(19)27)10-11-9-12(22(25)26)3-4-14(11)21-7-5-18-6-8-21/h3-4,9-10,18H,5-8H2,1-2H3.